The maximum absolute atomic E-state index is 11.7. The lowest BCUT2D eigenvalue weighted by Crippen LogP contribution is -2.27. The van der Waals surface area contributed by atoms with Gasteiger partial charge in [0, 0.05) is 24.5 Å². The van der Waals surface area contributed by atoms with Crippen LogP contribution in [0.3, 0.4) is 0 Å². The van der Waals surface area contributed by atoms with Gasteiger partial charge in [0.2, 0.25) is 0 Å². The highest BCUT2D eigenvalue weighted by Gasteiger charge is 2.29. The number of carbonyl (C=O) groups is 1. The molecule has 1 aromatic carbocycles. The van der Waals surface area contributed by atoms with Crippen LogP contribution in [0.25, 0.3) is 0 Å². The van der Waals surface area contributed by atoms with Gasteiger partial charge in [-0.1, -0.05) is 16.6 Å². The first-order valence-corrected chi connectivity index (χ1v) is 7.42. The number of anilines is 1. The third kappa shape index (κ3) is 3.30. The second kappa shape index (κ2) is 5.33. The van der Waals surface area contributed by atoms with Crippen molar-refractivity contribution in [2.45, 2.75) is 32.4 Å². The highest BCUT2D eigenvalue weighted by Crippen LogP contribution is 2.35. The maximum atomic E-state index is 11.7. The molecule has 0 fully saturated rings. The quantitative estimate of drug-likeness (QED) is 0.914. The second-order valence-corrected chi connectivity index (χ2v) is 6.36. The normalized spacial score (nSPS) is 15.1. The predicted molar refractivity (Wildman–Crippen MR) is 80.6 cm³/mol. The summed E-state index contributed by atoms with van der Waals surface area (Å²) in [6.45, 7) is 4.61. The molecule has 0 saturated heterocycles. The van der Waals surface area contributed by atoms with Crippen molar-refractivity contribution in [2.75, 3.05) is 5.32 Å². The molecular weight excluding hydrogens is 288 g/mol. The molecule has 1 aliphatic rings. The van der Waals surface area contributed by atoms with Crippen molar-refractivity contribution in [1.29, 1.82) is 0 Å². The highest BCUT2D eigenvalue weighted by molar-refractivity contribution is 7.10. The second-order valence-electron chi connectivity index (χ2n) is 5.57. The van der Waals surface area contributed by atoms with E-state index in [9.17, 15) is 4.79 Å². The number of nitrogens with zero attached hydrogens (tertiary/aromatic N) is 2. The Morgan fingerprint density at radius 1 is 1.48 bits per heavy atom. The number of benzene rings is 1. The van der Waals surface area contributed by atoms with Crippen LogP contribution in [-0.4, -0.2) is 21.2 Å². The Morgan fingerprint density at radius 3 is 3.10 bits per heavy atom. The summed E-state index contributed by atoms with van der Waals surface area (Å²) in [5.74, 6) is 0.934. The van der Waals surface area contributed by atoms with Crippen molar-refractivity contribution in [2.24, 2.45) is 0 Å². The number of ether oxygens (including phenoxy) is 1. The van der Waals surface area contributed by atoms with E-state index in [-0.39, 0.29) is 11.6 Å². The summed E-state index contributed by atoms with van der Waals surface area (Å²) in [7, 11) is 0. The van der Waals surface area contributed by atoms with Gasteiger partial charge in [-0.2, -0.15) is 0 Å². The lowest BCUT2D eigenvalue weighted by atomic mass is 10.0. The van der Waals surface area contributed by atoms with Crippen molar-refractivity contribution in [3.63, 3.8) is 0 Å². The molecule has 2 N–H and O–H groups in total. The zero-order chi connectivity index (χ0) is 14.9. The molecule has 1 aromatic heterocycles. The first kappa shape index (κ1) is 13.8. The van der Waals surface area contributed by atoms with Crippen LogP contribution in [0.1, 0.15) is 25.0 Å². The molecular formula is C14H16N4O2S. The molecule has 110 valence electrons. The number of hydrogen-bond acceptors (Lipinski definition) is 5. The van der Waals surface area contributed by atoms with Crippen LogP contribution in [0.5, 0.6) is 5.75 Å². The fourth-order valence-electron chi connectivity index (χ4n) is 2.33. The van der Waals surface area contributed by atoms with E-state index in [0.29, 0.717) is 11.5 Å². The number of carbonyl (C=O) groups excluding carboxylic acids is 1. The zero-order valence-electron chi connectivity index (χ0n) is 11.8. The fourth-order valence-corrected chi connectivity index (χ4v) is 2.75. The van der Waals surface area contributed by atoms with E-state index in [0.717, 1.165) is 29.3 Å². The Labute approximate surface area is 126 Å². The molecule has 0 bridgehead atoms. The van der Waals surface area contributed by atoms with Crippen molar-refractivity contribution in [3.05, 3.63) is 35.5 Å². The average Bonchev–Trinajstić information content (AvgIpc) is 3.01. The molecule has 2 heterocycles. The predicted octanol–water partition coefficient (Wildman–Crippen LogP) is 2.57. The molecule has 7 heteroatoms. The Bertz CT molecular complexity index is 655. The van der Waals surface area contributed by atoms with Gasteiger partial charge in [-0.15, -0.1) is 5.10 Å². The molecule has 3 rings (SSSR count). The van der Waals surface area contributed by atoms with Crippen LogP contribution in [0, 0.1) is 0 Å². The Hall–Kier alpha value is -2.15. The average molecular weight is 304 g/mol. The van der Waals surface area contributed by atoms with Crippen LogP contribution in [-0.2, 0) is 13.0 Å². The number of aromatic nitrogens is 2. The minimum absolute atomic E-state index is 0.148. The first-order valence-electron chi connectivity index (χ1n) is 6.65. The summed E-state index contributed by atoms with van der Waals surface area (Å²) >= 11 is 1.14. The number of rotatable bonds is 3. The van der Waals surface area contributed by atoms with Crippen molar-refractivity contribution < 1.29 is 9.53 Å². The van der Waals surface area contributed by atoms with E-state index < -0.39 is 0 Å². The van der Waals surface area contributed by atoms with Gasteiger partial charge in [0.25, 0.3) is 0 Å². The lowest BCUT2D eigenvalue weighted by molar-refractivity contribution is 0.138. The molecule has 0 atom stereocenters. The van der Waals surface area contributed by atoms with E-state index in [2.05, 4.69) is 40.1 Å². The summed E-state index contributed by atoms with van der Waals surface area (Å²) in [6, 6.07) is 5.75. The molecule has 6 nitrogen and oxygen atoms in total. The Balaban J connectivity index is 1.58. The number of fused-ring (bicyclic) bond motifs is 1. The summed E-state index contributed by atoms with van der Waals surface area (Å²) in [5, 5.41) is 9.77. The Kier molecular flexibility index (Phi) is 3.50. The topological polar surface area (TPSA) is 76.1 Å². The van der Waals surface area contributed by atoms with Gasteiger partial charge in [-0.25, -0.2) is 4.79 Å². The third-order valence-electron chi connectivity index (χ3n) is 3.18. The summed E-state index contributed by atoms with van der Waals surface area (Å²) in [4.78, 5) is 11.7. The smallest absolute Gasteiger partial charge is 0.320 e. The van der Waals surface area contributed by atoms with E-state index in [4.69, 9.17) is 4.74 Å². The molecule has 0 spiro atoms. The molecule has 2 amide bonds. The largest absolute Gasteiger partial charge is 0.487 e. The fraction of sp³-hybridized carbons (Fsp3) is 0.357. The minimum Gasteiger partial charge on any atom is -0.487 e. The third-order valence-corrected chi connectivity index (χ3v) is 3.76. The van der Waals surface area contributed by atoms with E-state index in [1.54, 1.807) is 0 Å². The number of nitrogens with one attached hydrogen (secondary N) is 2. The van der Waals surface area contributed by atoms with E-state index in [1.165, 1.54) is 11.8 Å². The zero-order valence-corrected chi connectivity index (χ0v) is 12.7. The van der Waals surface area contributed by atoms with Gasteiger partial charge in [0.05, 0.1) is 6.20 Å². The number of hydrogen-bond donors (Lipinski definition) is 2. The van der Waals surface area contributed by atoms with Gasteiger partial charge in [0.15, 0.2) is 0 Å². The molecule has 1 aliphatic heterocycles. The van der Waals surface area contributed by atoms with Gasteiger partial charge in [-0.3, -0.25) is 5.32 Å². The molecule has 0 aliphatic carbocycles. The molecule has 0 unspecified atom stereocenters. The van der Waals surface area contributed by atoms with Crippen molar-refractivity contribution >= 4 is 22.6 Å². The van der Waals surface area contributed by atoms with E-state index >= 15 is 0 Å². The highest BCUT2D eigenvalue weighted by atomic mass is 32.1. The van der Waals surface area contributed by atoms with E-state index in [1.807, 2.05) is 12.1 Å². The van der Waals surface area contributed by atoms with Gasteiger partial charge >= 0.3 is 6.03 Å². The number of amides is 2. The van der Waals surface area contributed by atoms with Crippen molar-refractivity contribution in [3.8, 4) is 5.75 Å². The SMILES string of the molecule is CC1(C)Cc2cc(CNC(=O)Nc3cnns3)ccc2O1. The van der Waals surface area contributed by atoms with Crippen LogP contribution in [0.15, 0.2) is 24.4 Å². The number of urea groups is 1. The Morgan fingerprint density at radius 2 is 2.33 bits per heavy atom. The van der Waals surface area contributed by atoms with Crippen LogP contribution in [0.2, 0.25) is 0 Å². The van der Waals surface area contributed by atoms with Crippen LogP contribution in [0.4, 0.5) is 9.80 Å². The van der Waals surface area contributed by atoms with Gasteiger partial charge in [0.1, 0.15) is 16.4 Å². The molecule has 2 aromatic rings. The summed E-state index contributed by atoms with van der Waals surface area (Å²) < 4.78 is 9.51. The van der Waals surface area contributed by atoms with Crippen molar-refractivity contribution in [1.82, 2.24) is 14.9 Å². The first-order chi connectivity index (χ1) is 10.0. The summed E-state index contributed by atoms with van der Waals surface area (Å²) in [6.07, 6.45) is 2.40. The lowest BCUT2D eigenvalue weighted by Gasteiger charge is -2.16. The maximum Gasteiger partial charge on any atom is 0.320 e. The van der Waals surface area contributed by atoms with Gasteiger partial charge < -0.3 is 10.1 Å². The molecule has 0 saturated carbocycles. The summed E-state index contributed by atoms with van der Waals surface area (Å²) in [5.41, 5.74) is 2.09. The van der Waals surface area contributed by atoms with Gasteiger partial charge in [-0.05, 0) is 31.0 Å². The van der Waals surface area contributed by atoms with Crippen LogP contribution < -0.4 is 15.4 Å². The monoisotopic (exact) mass is 304 g/mol. The molecule has 21 heavy (non-hydrogen) atoms. The standard InChI is InChI=1S/C14H16N4O2S/c1-14(2)6-10-5-9(3-4-11(10)20-14)7-15-13(19)17-12-8-16-18-21-12/h3-5,8H,6-7H2,1-2H3,(H2,15,17,19). The van der Waals surface area contributed by atoms with Crippen LogP contribution >= 0.6 is 11.5 Å². The minimum atomic E-state index is -0.266. The molecule has 0 radical (unpaired) electrons.